The molecule has 0 aromatic carbocycles. The van der Waals surface area contributed by atoms with Crippen molar-refractivity contribution in [3.8, 4) is 0 Å². The maximum atomic E-state index is 12.4. The number of hydrogen-bond acceptors (Lipinski definition) is 5. The minimum Gasteiger partial charge on any atom is -0.462 e. The summed E-state index contributed by atoms with van der Waals surface area (Å²) in [7, 11) is 0. The van der Waals surface area contributed by atoms with Crippen LogP contribution in [-0.4, -0.2) is 36.4 Å². The van der Waals surface area contributed by atoms with Gasteiger partial charge in [0.15, 0.2) is 6.10 Å². The molecule has 0 heterocycles. The van der Waals surface area contributed by atoms with Crippen molar-refractivity contribution in [3.05, 3.63) is 97.2 Å². The minimum absolute atomic E-state index is 0.0736. The highest BCUT2D eigenvalue weighted by Crippen LogP contribution is 2.19. The minimum atomic E-state index is -0.787. The normalized spacial score (nSPS) is 12.8. The lowest BCUT2D eigenvalue weighted by molar-refractivity contribution is -0.161. The number of esters is 2. The van der Waals surface area contributed by atoms with E-state index in [2.05, 4.69) is 111 Å². The Hall–Kier alpha value is -3.18. The van der Waals surface area contributed by atoms with Gasteiger partial charge in [-0.05, 0) is 77.0 Å². The Morgan fingerprint density at radius 1 is 0.293 bits per heavy atom. The van der Waals surface area contributed by atoms with E-state index in [1.165, 1.54) is 238 Å². The molecule has 82 heavy (non-hydrogen) atoms. The molecule has 1 atom stereocenters. The van der Waals surface area contributed by atoms with Gasteiger partial charge in [-0.3, -0.25) is 9.59 Å². The number of unbranched alkanes of at least 4 members (excludes halogenated alkanes) is 42. The van der Waals surface area contributed by atoms with Gasteiger partial charge in [0.1, 0.15) is 6.61 Å². The van der Waals surface area contributed by atoms with Crippen molar-refractivity contribution in [3.63, 3.8) is 0 Å². The van der Waals surface area contributed by atoms with Crippen molar-refractivity contribution in [1.29, 1.82) is 0 Å². The van der Waals surface area contributed by atoms with Crippen LogP contribution in [0, 0.1) is 0 Å². The maximum absolute atomic E-state index is 12.4. The molecule has 0 saturated heterocycles. The second-order valence-corrected chi connectivity index (χ2v) is 23.9. The third kappa shape index (κ3) is 69.3. The quantitative estimate of drug-likeness (QED) is 0.0373. The number of allylic oxidation sites excluding steroid dienone is 16. The average Bonchev–Trinajstić information content (AvgIpc) is 3.49. The highest BCUT2D eigenvalue weighted by molar-refractivity contribution is 5.70. The van der Waals surface area contributed by atoms with Crippen LogP contribution in [0.4, 0.5) is 0 Å². The molecule has 0 rings (SSSR count). The van der Waals surface area contributed by atoms with Gasteiger partial charge in [0.05, 0.1) is 6.61 Å². The molecule has 1 N–H and O–H groups in total. The topological polar surface area (TPSA) is 72.8 Å². The van der Waals surface area contributed by atoms with Crippen molar-refractivity contribution < 1.29 is 24.2 Å². The summed E-state index contributed by atoms with van der Waals surface area (Å²) in [6.07, 6.45) is 103. The zero-order valence-corrected chi connectivity index (χ0v) is 54.5. The average molecular weight is 1140 g/mol. The molecule has 0 aliphatic heterocycles. The Morgan fingerprint density at radius 3 is 0.793 bits per heavy atom. The monoisotopic (exact) mass is 1140 g/mol. The SMILES string of the molecule is CC/C=C\C/C=C\C/C=C\C/C=C\C/C=C\C/C=C\C/C=C\C/C=C\CCCCCCCCC(=O)OC(CO)COC(=O)CCCCCCCCCCCCCCCCCCCCCCCCCCCCCCCCCCCCCCC. The molecule has 474 valence electrons. The van der Waals surface area contributed by atoms with Crippen LogP contribution in [0.1, 0.15) is 361 Å². The van der Waals surface area contributed by atoms with Crippen LogP contribution in [0.25, 0.3) is 0 Å². The van der Waals surface area contributed by atoms with Crippen LogP contribution >= 0.6 is 0 Å². The van der Waals surface area contributed by atoms with Crippen LogP contribution in [0.2, 0.25) is 0 Å². The van der Waals surface area contributed by atoms with E-state index < -0.39 is 6.10 Å². The first kappa shape index (κ1) is 78.8. The van der Waals surface area contributed by atoms with Crippen LogP contribution in [-0.2, 0) is 19.1 Å². The third-order valence-electron chi connectivity index (χ3n) is 15.9. The van der Waals surface area contributed by atoms with Crippen molar-refractivity contribution >= 4 is 11.9 Å². The fraction of sp³-hybridized carbons (Fsp3) is 0.766. The van der Waals surface area contributed by atoms with E-state index in [0.717, 1.165) is 96.3 Å². The predicted molar refractivity (Wildman–Crippen MR) is 362 cm³/mol. The second-order valence-electron chi connectivity index (χ2n) is 23.9. The molecule has 0 fully saturated rings. The summed E-state index contributed by atoms with van der Waals surface area (Å²) in [5.74, 6) is -0.598. The second kappa shape index (κ2) is 72.1. The van der Waals surface area contributed by atoms with Gasteiger partial charge in [-0.1, -0.05) is 368 Å². The lowest BCUT2D eigenvalue weighted by Gasteiger charge is -2.15. The van der Waals surface area contributed by atoms with Gasteiger partial charge in [0, 0.05) is 12.8 Å². The summed E-state index contributed by atoms with van der Waals surface area (Å²) < 4.78 is 10.7. The molecule has 5 nitrogen and oxygen atoms in total. The highest BCUT2D eigenvalue weighted by atomic mass is 16.6. The first-order chi connectivity index (χ1) is 40.6. The van der Waals surface area contributed by atoms with E-state index in [1.807, 2.05) is 0 Å². The molecule has 0 aromatic heterocycles. The number of aliphatic hydroxyl groups excluding tert-OH is 1. The molecule has 0 bridgehead atoms. The number of rotatable bonds is 66. The first-order valence-electron chi connectivity index (χ1n) is 35.8. The fourth-order valence-electron chi connectivity index (χ4n) is 10.6. The highest BCUT2D eigenvalue weighted by Gasteiger charge is 2.16. The van der Waals surface area contributed by atoms with E-state index in [0.29, 0.717) is 12.8 Å². The fourth-order valence-corrected chi connectivity index (χ4v) is 10.6. The summed E-state index contributed by atoms with van der Waals surface area (Å²) in [6.45, 7) is 4.06. The molecular weight excluding hydrogens is 1000 g/mol. The maximum Gasteiger partial charge on any atom is 0.306 e. The summed E-state index contributed by atoms with van der Waals surface area (Å²) >= 11 is 0. The lowest BCUT2D eigenvalue weighted by Crippen LogP contribution is -2.28. The zero-order valence-electron chi connectivity index (χ0n) is 54.5. The smallest absolute Gasteiger partial charge is 0.306 e. The molecule has 0 aliphatic carbocycles. The third-order valence-corrected chi connectivity index (χ3v) is 15.9. The molecule has 0 spiro atoms. The zero-order chi connectivity index (χ0) is 59.1. The van der Waals surface area contributed by atoms with Crippen LogP contribution in [0.3, 0.4) is 0 Å². The number of aliphatic hydroxyl groups is 1. The van der Waals surface area contributed by atoms with E-state index >= 15 is 0 Å². The molecule has 0 aliphatic rings. The lowest BCUT2D eigenvalue weighted by atomic mass is 10.0. The van der Waals surface area contributed by atoms with Gasteiger partial charge in [-0.15, -0.1) is 0 Å². The Morgan fingerprint density at radius 2 is 0.524 bits per heavy atom. The summed E-state index contributed by atoms with van der Waals surface area (Å²) in [6, 6.07) is 0. The molecule has 0 amide bonds. The van der Waals surface area contributed by atoms with E-state index in [1.54, 1.807) is 0 Å². The molecule has 0 saturated carbocycles. The molecule has 5 heteroatoms. The Labute approximate surface area is 510 Å². The number of ether oxygens (including phenoxy) is 2. The Kier molecular flexibility index (Phi) is 69.3. The summed E-state index contributed by atoms with van der Waals surface area (Å²) in [5, 5.41) is 9.70. The van der Waals surface area contributed by atoms with Gasteiger partial charge >= 0.3 is 11.9 Å². The number of hydrogen-bond donors (Lipinski definition) is 1. The predicted octanol–water partition coefficient (Wildman–Crippen LogP) is 25.0. The first-order valence-corrected chi connectivity index (χ1v) is 35.8. The largest absolute Gasteiger partial charge is 0.462 e. The molecule has 0 aromatic rings. The van der Waals surface area contributed by atoms with E-state index in [9.17, 15) is 14.7 Å². The van der Waals surface area contributed by atoms with E-state index in [4.69, 9.17) is 9.47 Å². The number of carbonyl (C=O) groups excluding carboxylic acids is 2. The van der Waals surface area contributed by atoms with Crippen LogP contribution in [0.5, 0.6) is 0 Å². The van der Waals surface area contributed by atoms with Crippen molar-refractivity contribution in [2.45, 2.75) is 367 Å². The molecular formula is C77H136O5. The Bertz CT molecular complexity index is 1530. The molecule has 1 unspecified atom stereocenters. The van der Waals surface area contributed by atoms with Crippen molar-refractivity contribution in [2.75, 3.05) is 13.2 Å². The van der Waals surface area contributed by atoms with Crippen LogP contribution in [0.15, 0.2) is 97.2 Å². The van der Waals surface area contributed by atoms with E-state index in [-0.39, 0.29) is 25.2 Å². The summed E-state index contributed by atoms with van der Waals surface area (Å²) in [5.41, 5.74) is 0. The van der Waals surface area contributed by atoms with Gasteiger partial charge in [0.2, 0.25) is 0 Å². The standard InChI is InChI=1S/C77H136O5/c1-3-5-7-9-11-13-15-17-19-21-23-25-27-29-31-33-35-36-37-38-39-40-42-43-45-47-49-51-53-55-57-59-61-63-65-67-69-71-76(79)81-74-75(73-78)82-77(80)72-70-68-66-64-62-60-58-56-54-52-50-48-46-44-41-34-32-30-28-26-24-22-20-18-16-14-12-10-8-6-4-2/h6,8,12,14,18,20,24,26,30,32,41,44,48,50,54,56,75,78H,3-5,7,9-11,13,15-17,19,21-23,25,27-29,31,33-40,42-43,45-47,49,51-53,55,57-74H2,1-2H3/b8-6-,14-12-,20-18-,26-24-,32-30-,44-41-,50-48-,56-54-. The van der Waals surface area contributed by atoms with Gasteiger partial charge in [-0.25, -0.2) is 0 Å². The number of carbonyl (C=O) groups is 2. The Balaban J connectivity index is 3.46. The van der Waals surface area contributed by atoms with Gasteiger partial charge in [0.25, 0.3) is 0 Å². The molecule has 0 radical (unpaired) electrons. The summed E-state index contributed by atoms with van der Waals surface area (Å²) in [4.78, 5) is 24.7. The van der Waals surface area contributed by atoms with Crippen molar-refractivity contribution in [1.82, 2.24) is 0 Å². The van der Waals surface area contributed by atoms with Crippen molar-refractivity contribution in [2.24, 2.45) is 0 Å². The van der Waals surface area contributed by atoms with Gasteiger partial charge in [-0.2, -0.15) is 0 Å². The van der Waals surface area contributed by atoms with Gasteiger partial charge < -0.3 is 14.6 Å². The van der Waals surface area contributed by atoms with Crippen LogP contribution < -0.4 is 0 Å².